The number of hydrogen-bond acceptors (Lipinski definition) is 4. The molecule has 0 aliphatic carbocycles. The number of aryl methyl sites for hydroxylation is 2. The standard InChI is InChI=1S/C15H23N3O2/c1-3-13-15(9(2)20-18-13)17-14(19)8-10-6-11-4-5-12(7-10)16-11/h10-12,16H,3-8H2,1-2H3,(H,17,19)/t10?,11-,12+. The highest BCUT2D eigenvalue weighted by Gasteiger charge is 2.34. The van der Waals surface area contributed by atoms with Crippen LogP contribution in [0.2, 0.25) is 0 Å². The van der Waals surface area contributed by atoms with E-state index in [0.717, 1.165) is 30.6 Å². The molecular weight excluding hydrogens is 254 g/mol. The molecule has 110 valence electrons. The minimum absolute atomic E-state index is 0.0947. The second-order valence-corrected chi connectivity index (χ2v) is 6.14. The second kappa shape index (κ2) is 5.56. The van der Waals surface area contributed by atoms with Crippen molar-refractivity contribution >= 4 is 11.6 Å². The summed E-state index contributed by atoms with van der Waals surface area (Å²) in [6, 6.07) is 1.27. The zero-order valence-electron chi connectivity index (χ0n) is 12.2. The maximum Gasteiger partial charge on any atom is 0.224 e. The number of hydrogen-bond donors (Lipinski definition) is 2. The Labute approximate surface area is 119 Å². The van der Waals surface area contributed by atoms with Crippen molar-refractivity contribution < 1.29 is 9.32 Å². The number of nitrogens with one attached hydrogen (secondary N) is 2. The van der Waals surface area contributed by atoms with E-state index in [1.54, 1.807) is 0 Å². The van der Waals surface area contributed by atoms with Crippen LogP contribution in [0.5, 0.6) is 0 Å². The zero-order valence-corrected chi connectivity index (χ0v) is 12.2. The van der Waals surface area contributed by atoms with Gasteiger partial charge in [-0.1, -0.05) is 12.1 Å². The summed E-state index contributed by atoms with van der Waals surface area (Å²) in [7, 11) is 0. The van der Waals surface area contributed by atoms with Crippen LogP contribution >= 0.6 is 0 Å². The molecule has 5 nitrogen and oxygen atoms in total. The quantitative estimate of drug-likeness (QED) is 0.887. The van der Waals surface area contributed by atoms with Crippen LogP contribution in [-0.4, -0.2) is 23.1 Å². The fourth-order valence-electron chi connectivity index (χ4n) is 3.61. The number of aromatic nitrogens is 1. The Balaban J connectivity index is 1.58. The van der Waals surface area contributed by atoms with Crippen LogP contribution in [-0.2, 0) is 11.2 Å². The van der Waals surface area contributed by atoms with Gasteiger partial charge >= 0.3 is 0 Å². The van der Waals surface area contributed by atoms with Crippen LogP contribution in [0.4, 0.5) is 5.69 Å². The molecule has 5 heteroatoms. The molecule has 2 aliphatic rings. The van der Waals surface area contributed by atoms with E-state index in [0.29, 0.717) is 30.2 Å². The summed E-state index contributed by atoms with van der Waals surface area (Å²) in [5.74, 6) is 1.30. The first kappa shape index (κ1) is 13.6. The molecule has 0 spiro atoms. The number of fused-ring (bicyclic) bond motifs is 2. The number of amides is 1. The Bertz CT molecular complexity index is 485. The summed E-state index contributed by atoms with van der Waals surface area (Å²) < 4.78 is 5.15. The number of piperidine rings is 1. The van der Waals surface area contributed by atoms with Crippen molar-refractivity contribution in [3.8, 4) is 0 Å². The van der Waals surface area contributed by atoms with Gasteiger partial charge < -0.3 is 15.2 Å². The summed E-state index contributed by atoms with van der Waals surface area (Å²) in [5.41, 5.74) is 1.61. The molecule has 1 aromatic heterocycles. The molecular formula is C15H23N3O2. The molecule has 20 heavy (non-hydrogen) atoms. The molecule has 0 saturated carbocycles. The van der Waals surface area contributed by atoms with Crippen molar-refractivity contribution in [3.63, 3.8) is 0 Å². The van der Waals surface area contributed by atoms with Crippen LogP contribution in [0.25, 0.3) is 0 Å². The number of rotatable bonds is 4. The Morgan fingerprint density at radius 1 is 1.40 bits per heavy atom. The molecule has 1 amide bonds. The zero-order chi connectivity index (χ0) is 14.1. The highest BCUT2D eigenvalue weighted by molar-refractivity contribution is 5.91. The van der Waals surface area contributed by atoms with Crippen LogP contribution in [0.3, 0.4) is 0 Å². The highest BCUT2D eigenvalue weighted by atomic mass is 16.5. The smallest absolute Gasteiger partial charge is 0.224 e. The first-order valence-electron chi connectivity index (χ1n) is 7.66. The first-order valence-corrected chi connectivity index (χ1v) is 7.66. The van der Waals surface area contributed by atoms with Gasteiger partial charge in [0.2, 0.25) is 5.91 Å². The monoisotopic (exact) mass is 277 g/mol. The maximum atomic E-state index is 12.2. The fourth-order valence-corrected chi connectivity index (χ4v) is 3.61. The second-order valence-electron chi connectivity index (χ2n) is 6.14. The van der Waals surface area contributed by atoms with Gasteiger partial charge in [-0.05, 0) is 44.9 Å². The van der Waals surface area contributed by atoms with Gasteiger partial charge in [-0.15, -0.1) is 0 Å². The van der Waals surface area contributed by atoms with E-state index < -0.39 is 0 Å². The van der Waals surface area contributed by atoms with Crippen molar-refractivity contribution in [2.24, 2.45) is 5.92 Å². The van der Waals surface area contributed by atoms with E-state index in [2.05, 4.69) is 15.8 Å². The van der Waals surface area contributed by atoms with Gasteiger partial charge in [0.25, 0.3) is 0 Å². The predicted molar refractivity (Wildman–Crippen MR) is 76.5 cm³/mol. The first-order chi connectivity index (χ1) is 9.65. The molecule has 2 saturated heterocycles. The lowest BCUT2D eigenvalue weighted by molar-refractivity contribution is -0.117. The highest BCUT2D eigenvalue weighted by Crippen LogP contribution is 2.33. The Hall–Kier alpha value is -1.36. The molecule has 1 unspecified atom stereocenters. The topological polar surface area (TPSA) is 67.2 Å². The molecule has 1 aromatic rings. The van der Waals surface area contributed by atoms with Gasteiger partial charge in [0.1, 0.15) is 11.4 Å². The summed E-state index contributed by atoms with van der Waals surface area (Å²) in [5, 5.41) is 10.6. The third kappa shape index (κ3) is 2.73. The summed E-state index contributed by atoms with van der Waals surface area (Å²) in [6.07, 6.45) is 6.19. The van der Waals surface area contributed by atoms with Crippen molar-refractivity contribution in [2.45, 2.75) is 64.5 Å². The minimum atomic E-state index is 0.0947. The van der Waals surface area contributed by atoms with E-state index in [1.165, 1.54) is 12.8 Å². The lowest BCUT2D eigenvalue weighted by Crippen LogP contribution is -2.39. The normalized spacial score (nSPS) is 28.6. The largest absolute Gasteiger partial charge is 0.359 e. The van der Waals surface area contributed by atoms with Crippen LogP contribution < -0.4 is 10.6 Å². The lowest BCUT2D eigenvalue weighted by atomic mass is 9.89. The van der Waals surface area contributed by atoms with Gasteiger partial charge in [-0.2, -0.15) is 0 Å². The van der Waals surface area contributed by atoms with Gasteiger partial charge in [0.15, 0.2) is 5.76 Å². The van der Waals surface area contributed by atoms with Crippen molar-refractivity contribution in [1.82, 2.24) is 10.5 Å². The third-order valence-electron chi connectivity index (χ3n) is 4.58. The molecule has 3 heterocycles. The average Bonchev–Trinajstić information content (AvgIpc) is 2.93. The Morgan fingerprint density at radius 3 is 2.75 bits per heavy atom. The molecule has 0 aromatic carbocycles. The van der Waals surface area contributed by atoms with Crippen molar-refractivity contribution in [3.05, 3.63) is 11.5 Å². The minimum Gasteiger partial charge on any atom is -0.359 e. The molecule has 3 atom stereocenters. The SMILES string of the molecule is CCc1noc(C)c1NC(=O)CC1C[C@H]2CC[C@@H](C1)N2. The van der Waals surface area contributed by atoms with Crippen molar-refractivity contribution in [1.29, 1.82) is 0 Å². The fraction of sp³-hybridized carbons (Fsp3) is 0.733. The maximum absolute atomic E-state index is 12.2. The van der Waals surface area contributed by atoms with E-state index >= 15 is 0 Å². The van der Waals surface area contributed by atoms with E-state index in [1.807, 2.05) is 13.8 Å². The summed E-state index contributed by atoms with van der Waals surface area (Å²) in [4.78, 5) is 12.2. The third-order valence-corrected chi connectivity index (χ3v) is 4.58. The number of carbonyl (C=O) groups excluding carboxylic acids is 1. The van der Waals surface area contributed by atoms with Gasteiger partial charge in [-0.25, -0.2) is 0 Å². The molecule has 2 bridgehead atoms. The Kier molecular flexibility index (Phi) is 3.78. The number of anilines is 1. The summed E-state index contributed by atoms with van der Waals surface area (Å²) in [6.45, 7) is 3.85. The predicted octanol–water partition coefficient (Wildman–Crippen LogP) is 2.40. The molecule has 2 fully saturated rings. The van der Waals surface area contributed by atoms with E-state index in [9.17, 15) is 4.79 Å². The lowest BCUT2D eigenvalue weighted by Gasteiger charge is -2.28. The molecule has 3 rings (SSSR count). The molecule has 2 N–H and O–H groups in total. The number of carbonyl (C=O) groups is 1. The van der Waals surface area contributed by atoms with Crippen LogP contribution in [0.15, 0.2) is 4.52 Å². The van der Waals surface area contributed by atoms with Gasteiger partial charge in [0, 0.05) is 18.5 Å². The van der Waals surface area contributed by atoms with E-state index in [4.69, 9.17) is 4.52 Å². The molecule has 0 radical (unpaired) electrons. The van der Waals surface area contributed by atoms with Gasteiger partial charge in [-0.3, -0.25) is 4.79 Å². The summed E-state index contributed by atoms with van der Waals surface area (Å²) >= 11 is 0. The van der Waals surface area contributed by atoms with Gasteiger partial charge in [0.05, 0.1) is 0 Å². The van der Waals surface area contributed by atoms with E-state index in [-0.39, 0.29) is 5.91 Å². The van der Waals surface area contributed by atoms with Crippen LogP contribution in [0, 0.1) is 12.8 Å². The molecule has 2 aliphatic heterocycles. The van der Waals surface area contributed by atoms with Crippen LogP contribution in [0.1, 0.15) is 50.5 Å². The Morgan fingerprint density at radius 2 is 2.10 bits per heavy atom. The number of nitrogens with zero attached hydrogens (tertiary/aromatic N) is 1. The van der Waals surface area contributed by atoms with Crippen molar-refractivity contribution in [2.75, 3.05) is 5.32 Å². The average molecular weight is 277 g/mol.